The van der Waals surface area contributed by atoms with Gasteiger partial charge >= 0.3 is 5.97 Å². The van der Waals surface area contributed by atoms with E-state index in [2.05, 4.69) is 59.4 Å². The number of likely N-dealkylation sites (N-methyl/N-ethyl adjacent to an activating group) is 1. The largest absolute Gasteiger partial charge is 0.458 e. The average Bonchev–Trinajstić information content (AvgIpc) is 3.30. The zero-order valence-corrected chi connectivity index (χ0v) is 21.2. The number of rotatable bonds is 9. The van der Waals surface area contributed by atoms with E-state index in [9.17, 15) is 4.79 Å². The van der Waals surface area contributed by atoms with E-state index in [0.717, 1.165) is 55.6 Å². The van der Waals surface area contributed by atoms with Gasteiger partial charge in [-0.25, -0.2) is 4.98 Å². The standard InChI is InChI=1S/C30H37N3O2/c1-21(2)29(34)35-30(20-23-13-14-24(30)19-25(23)22-9-5-4-6-10-22)16-18-33(3)17-15-28-31-26-11-7-8-12-27(26)32-28/h4-12,19,21,23-24H,13-18,20H2,1-3H3,(H,31,32). The number of esters is 1. The quantitative estimate of drug-likeness (QED) is 0.396. The van der Waals surface area contributed by atoms with Crippen LogP contribution in [0.1, 0.15) is 50.9 Å². The lowest BCUT2D eigenvalue weighted by Crippen LogP contribution is -2.51. The Morgan fingerprint density at radius 3 is 2.60 bits per heavy atom. The first-order valence-electron chi connectivity index (χ1n) is 13.1. The van der Waals surface area contributed by atoms with Gasteiger partial charge in [0.25, 0.3) is 0 Å². The molecule has 5 nitrogen and oxygen atoms in total. The number of hydrogen-bond acceptors (Lipinski definition) is 4. The molecule has 0 aliphatic heterocycles. The highest BCUT2D eigenvalue weighted by Crippen LogP contribution is 2.53. The number of aromatic nitrogens is 2. The molecule has 2 bridgehead atoms. The van der Waals surface area contributed by atoms with Gasteiger partial charge in [-0.15, -0.1) is 0 Å². The van der Waals surface area contributed by atoms with E-state index in [1.54, 1.807) is 0 Å². The summed E-state index contributed by atoms with van der Waals surface area (Å²) >= 11 is 0. The summed E-state index contributed by atoms with van der Waals surface area (Å²) in [6.45, 7) is 5.67. The first-order valence-corrected chi connectivity index (χ1v) is 13.1. The van der Waals surface area contributed by atoms with Gasteiger partial charge in [0.2, 0.25) is 0 Å². The Balaban J connectivity index is 1.28. The molecule has 2 aromatic carbocycles. The number of carbonyl (C=O) groups excluding carboxylic acids is 1. The fourth-order valence-corrected chi connectivity index (χ4v) is 5.82. The van der Waals surface area contributed by atoms with E-state index in [4.69, 9.17) is 9.72 Å². The van der Waals surface area contributed by atoms with Gasteiger partial charge in [0.15, 0.2) is 0 Å². The first kappa shape index (κ1) is 23.8. The van der Waals surface area contributed by atoms with Crippen LogP contribution in [0.2, 0.25) is 0 Å². The number of imidazole rings is 1. The van der Waals surface area contributed by atoms with Crippen LogP contribution >= 0.6 is 0 Å². The summed E-state index contributed by atoms with van der Waals surface area (Å²) in [6, 6.07) is 18.9. The highest BCUT2D eigenvalue weighted by Gasteiger charge is 2.50. The molecule has 1 fully saturated rings. The van der Waals surface area contributed by atoms with Gasteiger partial charge in [-0.1, -0.05) is 62.4 Å². The second-order valence-corrected chi connectivity index (χ2v) is 10.7. The number of nitrogens with zero attached hydrogens (tertiary/aromatic N) is 2. The number of aromatic amines is 1. The molecule has 1 heterocycles. The molecular weight excluding hydrogens is 434 g/mol. The fraction of sp³-hybridized carbons (Fsp3) is 0.467. The van der Waals surface area contributed by atoms with E-state index in [-0.39, 0.29) is 17.8 Å². The molecule has 3 aliphatic rings. The number of ether oxygens (including phenoxy) is 1. The molecule has 1 aromatic heterocycles. The molecule has 5 heteroatoms. The molecule has 0 amide bonds. The number of carbonyl (C=O) groups is 1. The third-order valence-electron chi connectivity index (χ3n) is 7.88. The van der Waals surface area contributed by atoms with Crippen molar-refractivity contribution in [1.29, 1.82) is 0 Å². The molecule has 6 rings (SSSR count). The van der Waals surface area contributed by atoms with Crippen LogP contribution in [0.5, 0.6) is 0 Å². The predicted octanol–water partition coefficient (Wildman–Crippen LogP) is 5.88. The van der Waals surface area contributed by atoms with Crippen molar-refractivity contribution < 1.29 is 9.53 Å². The minimum Gasteiger partial charge on any atom is -0.458 e. The molecule has 0 spiro atoms. The summed E-state index contributed by atoms with van der Waals surface area (Å²) in [4.78, 5) is 23.3. The Bertz CT molecular complexity index is 1170. The molecule has 184 valence electrons. The van der Waals surface area contributed by atoms with Crippen LogP contribution < -0.4 is 0 Å². The van der Waals surface area contributed by atoms with Crippen molar-refractivity contribution in [2.24, 2.45) is 17.8 Å². The van der Waals surface area contributed by atoms with Crippen LogP contribution in [-0.2, 0) is 16.0 Å². The highest BCUT2D eigenvalue weighted by molar-refractivity contribution is 5.75. The van der Waals surface area contributed by atoms with Crippen LogP contribution in [0.3, 0.4) is 0 Å². The summed E-state index contributed by atoms with van der Waals surface area (Å²) in [5.74, 6) is 1.55. The van der Waals surface area contributed by atoms with Crippen molar-refractivity contribution in [2.75, 3.05) is 20.1 Å². The van der Waals surface area contributed by atoms with E-state index in [1.807, 2.05) is 32.0 Å². The number of benzene rings is 2. The van der Waals surface area contributed by atoms with E-state index >= 15 is 0 Å². The van der Waals surface area contributed by atoms with Crippen molar-refractivity contribution in [1.82, 2.24) is 14.9 Å². The maximum Gasteiger partial charge on any atom is 0.308 e. The molecule has 1 saturated carbocycles. The van der Waals surface area contributed by atoms with Crippen molar-refractivity contribution in [3.05, 3.63) is 72.1 Å². The molecule has 3 aromatic rings. The van der Waals surface area contributed by atoms with Crippen molar-refractivity contribution in [2.45, 2.75) is 51.6 Å². The molecule has 0 radical (unpaired) electrons. The molecule has 0 saturated heterocycles. The summed E-state index contributed by atoms with van der Waals surface area (Å²) in [5, 5.41) is 0. The van der Waals surface area contributed by atoms with Gasteiger partial charge in [0.1, 0.15) is 11.4 Å². The average molecular weight is 472 g/mol. The van der Waals surface area contributed by atoms with Gasteiger partial charge in [0.05, 0.1) is 17.0 Å². The second-order valence-electron chi connectivity index (χ2n) is 10.7. The van der Waals surface area contributed by atoms with Crippen LogP contribution in [0.25, 0.3) is 16.6 Å². The molecule has 3 aliphatic carbocycles. The lowest BCUT2D eigenvalue weighted by atomic mass is 9.60. The fourth-order valence-electron chi connectivity index (χ4n) is 5.82. The molecule has 1 N–H and O–H groups in total. The monoisotopic (exact) mass is 471 g/mol. The normalized spacial score (nSPS) is 23.7. The van der Waals surface area contributed by atoms with Crippen molar-refractivity contribution >= 4 is 22.6 Å². The summed E-state index contributed by atoms with van der Waals surface area (Å²) < 4.78 is 6.38. The lowest BCUT2D eigenvalue weighted by Gasteiger charge is -2.50. The Morgan fingerprint density at radius 1 is 1.11 bits per heavy atom. The van der Waals surface area contributed by atoms with Crippen LogP contribution in [0.4, 0.5) is 0 Å². The number of nitrogens with one attached hydrogen (secondary N) is 1. The zero-order valence-electron chi connectivity index (χ0n) is 21.2. The SMILES string of the molecule is CC(C)C(=O)OC1(CCN(C)CCc2nc3ccccc3[nH]2)CC2CCC1C=C2c1ccccc1. The Kier molecular flexibility index (Phi) is 6.79. The van der Waals surface area contributed by atoms with E-state index in [1.165, 1.54) is 17.6 Å². The number of H-pyrrole nitrogens is 1. The summed E-state index contributed by atoms with van der Waals surface area (Å²) in [5.41, 5.74) is 4.45. The van der Waals surface area contributed by atoms with Gasteiger partial charge in [0, 0.05) is 31.8 Å². The molecular formula is C30H37N3O2. The lowest BCUT2D eigenvalue weighted by molar-refractivity contribution is -0.176. The topological polar surface area (TPSA) is 58.2 Å². The van der Waals surface area contributed by atoms with Crippen molar-refractivity contribution in [3.8, 4) is 0 Å². The number of para-hydroxylation sites is 2. The maximum atomic E-state index is 12.8. The van der Waals surface area contributed by atoms with Crippen LogP contribution in [0, 0.1) is 17.8 Å². The third-order valence-corrected chi connectivity index (χ3v) is 7.88. The zero-order chi connectivity index (χ0) is 24.4. The molecule has 35 heavy (non-hydrogen) atoms. The minimum atomic E-state index is -0.407. The molecule has 3 atom stereocenters. The van der Waals surface area contributed by atoms with Crippen LogP contribution in [-0.4, -0.2) is 46.6 Å². The van der Waals surface area contributed by atoms with Gasteiger partial charge in [-0.2, -0.15) is 0 Å². The second kappa shape index (κ2) is 9.98. The van der Waals surface area contributed by atoms with Gasteiger partial charge in [-0.3, -0.25) is 4.79 Å². The number of fused-ring (bicyclic) bond motifs is 3. The third kappa shape index (κ3) is 5.06. The smallest absolute Gasteiger partial charge is 0.308 e. The first-order chi connectivity index (χ1) is 16.9. The number of allylic oxidation sites excluding steroid dienone is 1. The summed E-state index contributed by atoms with van der Waals surface area (Å²) in [6.07, 6.45) is 7.35. The van der Waals surface area contributed by atoms with Gasteiger partial charge < -0.3 is 14.6 Å². The highest BCUT2D eigenvalue weighted by atomic mass is 16.6. The van der Waals surface area contributed by atoms with E-state index < -0.39 is 5.60 Å². The van der Waals surface area contributed by atoms with Gasteiger partial charge in [-0.05, 0) is 55.5 Å². The summed E-state index contributed by atoms with van der Waals surface area (Å²) in [7, 11) is 2.16. The predicted molar refractivity (Wildman–Crippen MR) is 141 cm³/mol. The minimum absolute atomic E-state index is 0.0721. The Morgan fingerprint density at radius 2 is 1.89 bits per heavy atom. The van der Waals surface area contributed by atoms with E-state index in [0.29, 0.717) is 5.92 Å². The number of hydrogen-bond donors (Lipinski definition) is 1. The van der Waals surface area contributed by atoms with Crippen molar-refractivity contribution in [3.63, 3.8) is 0 Å². The Hall–Kier alpha value is -2.92. The Labute approximate surface area is 208 Å². The molecule has 3 unspecified atom stereocenters. The maximum absolute atomic E-state index is 12.8. The van der Waals surface area contributed by atoms with Crippen LogP contribution in [0.15, 0.2) is 60.7 Å².